The summed E-state index contributed by atoms with van der Waals surface area (Å²) in [5, 5.41) is 3.39. The van der Waals surface area contributed by atoms with E-state index in [1.165, 1.54) is 17.0 Å². The molecule has 0 aromatic heterocycles. The zero-order valence-electron chi connectivity index (χ0n) is 14.8. The standard InChI is InChI=1S/C20H24FNO2S/c1-14(2)25-18-9-7-15(8-10-18)11-20(23)22-13-19(24-3)16-5-4-6-17(21)12-16/h4-10,12,14,19H,11,13H2,1-3H3,(H,22,23). The van der Waals surface area contributed by atoms with E-state index >= 15 is 0 Å². The smallest absolute Gasteiger partial charge is 0.224 e. The van der Waals surface area contributed by atoms with Crippen molar-refractivity contribution in [1.82, 2.24) is 5.32 Å². The van der Waals surface area contributed by atoms with Crippen LogP contribution in [0.15, 0.2) is 53.4 Å². The van der Waals surface area contributed by atoms with Gasteiger partial charge in [0, 0.05) is 23.8 Å². The van der Waals surface area contributed by atoms with E-state index in [1.807, 2.05) is 24.3 Å². The minimum Gasteiger partial charge on any atom is -0.375 e. The number of carbonyl (C=O) groups is 1. The lowest BCUT2D eigenvalue weighted by molar-refractivity contribution is -0.121. The van der Waals surface area contributed by atoms with Crippen molar-refractivity contribution in [2.24, 2.45) is 0 Å². The van der Waals surface area contributed by atoms with Gasteiger partial charge in [0.1, 0.15) is 5.82 Å². The van der Waals surface area contributed by atoms with Crippen molar-refractivity contribution in [2.75, 3.05) is 13.7 Å². The first-order valence-corrected chi connectivity index (χ1v) is 9.16. The van der Waals surface area contributed by atoms with Gasteiger partial charge in [-0.15, -0.1) is 11.8 Å². The summed E-state index contributed by atoms with van der Waals surface area (Å²) < 4.78 is 18.7. The Balaban J connectivity index is 1.87. The molecule has 0 heterocycles. The number of amides is 1. The zero-order valence-corrected chi connectivity index (χ0v) is 15.6. The number of benzene rings is 2. The number of ether oxygens (including phenoxy) is 1. The van der Waals surface area contributed by atoms with Gasteiger partial charge in [-0.1, -0.05) is 38.1 Å². The molecular formula is C20H24FNO2S. The van der Waals surface area contributed by atoms with Crippen molar-refractivity contribution in [1.29, 1.82) is 0 Å². The maximum Gasteiger partial charge on any atom is 0.224 e. The molecule has 0 saturated carbocycles. The number of rotatable bonds is 8. The van der Waals surface area contributed by atoms with E-state index in [1.54, 1.807) is 31.0 Å². The van der Waals surface area contributed by atoms with E-state index in [4.69, 9.17) is 4.74 Å². The number of methoxy groups -OCH3 is 1. The van der Waals surface area contributed by atoms with Gasteiger partial charge in [0.2, 0.25) is 5.91 Å². The van der Waals surface area contributed by atoms with E-state index in [2.05, 4.69) is 19.2 Å². The molecule has 0 aliphatic rings. The molecule has 25 heavy (non-hydrogen) atoms. The third kappa shape index (κ3) is 6.52. The summed E-state index contributed by atoms with van der Waals surface area (Å²) >= 11 is 1.79. The Morgan fingerprint density at radius 2 is 1.92 bits per heavy atom. The second kappa shape index (κ2) is 9.59. The average Bonchev–Trinajstić information content (AvgIpc) is 2.57. The summed E-state index contributed by atoms with van der Waals surface area (Å²) in [4.78, 5) is 13.3. The molecule has 1 amide bonds. The minimum atomic E-state index is -0.371. The number of nitrogens with one attached hydrogen (secondary N) is 1. The van der Waals surface area contributed by atoms with E-state index in [9.17, 15) is 9.18 Å². The molecule has 0 aliphatic carbocycles. The lowest BCUT2D eigenvalue weighted by Gasteiger charge is -2.16. The van der Waals surface area contributed by atoms with Crippen LogP contribution in [0.4, 0.5) is 4.39 Å². The molecule has 0 radical (unpaired) electrons. The van der Waals surface area contributed by atoms with Crippen LogP contribution < -0.4 is 5.32 Å². The topological polar surface area (TPSA) is 38.3 Å². The van der Waals surface area contributed by atoms with Crippen molar-refractivity contribution >= 4 is 17.7 Å². The van der Waals surface area contributed by atoms with E-state index in [-0.39, 0.29) is 17.8 Å². The first-order chi connectivity index (χ1) is 12.0. The molecule has 0 aliphatic heterocycles. The maximum atomic E-state index is 13.3. The van der Waals surface area contributed by atoms with Crippen molar-refractivity contribution in [2.45, 2.75) is 36.5 Å². The predicted molar refractivity (Wildman–Crippen MR) is 100 cm³/mol. The Bertz CT molecular complexity index is 688. The summed E-state index contributed by atoms with van der Waals surface area (Å²) in [5.74, 6) is -0.395. The average molecular weight is 361 g/mol. The lowest BCUT2D eigenvalue weighted by Crippen LogP contribution is -2.30. The second-order valence-corrected chi connectivity index (χ2v) is 7.72. The van der Waals surface area contributed by atoms with E-state index in [0.717, 1.165) is 5.56 Å². The van der Waals surface area contributed by atoms with Gasteiger partial charge in [-0.25, -0.2) is 4.39 Å². The van der Waals surface area contributed by atoms with Crippen molar-refractivity contribution in [3.05, 3.63) is 65.5 Å². The molecule has 1 atom stereocenters. The quantitative estimate of drug-likeness (QED) is 0.710. The molecule has 3 nitrogen and oxygen atoms in total. The maximum absolute atomic E-state index is 13.3. The van der Waals surface area contributed by atoms with Crippen LogP contribution in [0.25, 0.3) is 0 Å². The number of hydrogen-bond donors (Lipinski definition) is 1. The van der Waals surface area contributed by atoms with Crippen LogP contribution in [0.2, 0.25) is 0 Å². The molecule has 0 bridgehead atoms. The Kier molecular flexibility index (Phi) is 7.47. The Hall–Kier alpha value is -1.85. The summed E-state index contributed by atoms with van der Waals surface area (Å²) in [6.07, 6.45) is -0.0591. The van der Waals surface area contributed by atoms with Gasteiger partial charge in [-0.3, -0.25) is 4.79 Å². The Morgan fingerprint density at radius 1 is 1.20 bits per heavy atom. The zero-order chi connectivity index (χ0) is 18.2. The van der Waals surface area contributed by atoms with Crippen molar-refractivity contribution < 1.29 is 13.9 Å². The SMILES string of the molecule is COC(CNC(=O)Cc1ccc(SC(C)C)cc1)c1cccc(F)c1. The van der Waals surface area contributed by atoms with Gasteiger partial charge in [0.25, 0.3) is 0 Å². The van der Waals surface area contributed by atoms with Gasteiger partial charge in [0.05, 0.1) is 12.5 Å². The largest absolute Gasteiger partial charge is 0.375 e. The summed E-state index contributed by atoms with van der Waals surface area (Å²) in [5.41, 5.74) is 1.67. The van der Waals surface area contributed by atoms with Crippen molar-refractivity contribution in [3.63, 3.8) is 0 Å². The minimum absolute atomic E-state index is 0.0808. The van der Waals surface area contributed by atoms with E-state index < -0.39 is 0 Å². The molecular weight excluding hydrogens is 337 g/mol. The van der Waals surface area contributed by atoms with Crippen LogP contribution in [0.1, 0.15) is 31.1 Å². The summed E-state index contributed by atoms with van der Waals surface area (Å²) in [6, 6.07) is 14.3. The van der Waals surface area contributed by atoms with Crippen LogP contribution in [-0.2, 0) is 16.0 Å². The fourth-order valence-electron chi connectivity index (χ4n) is 2.46. The van der Waals surface area contributed by atoms with Crippen LogP contribution in [0, 0.1) is 5.82 Å². The third-order valence-corrected chi connectivity index (χ3v) is 4.67. The molecule has 2 aromatic carbocycles. The number of carbonyl (C=O) groups excluding carboxylic acids is 1. The number of hydrogen-bond acceptors (Lipinski definition) is 3. The molecule has 2 aromatic rings. The molecule has 134 valence electrons. The predicted octanol–water partition coefficient (Wildman–Crippen LogP) is 4.37. The second-order valence-electron chi connectivity index (χ2n) is 6.07. The summed E-state index contributed by atoms with van der Waals surface area (Å²) in [7, 11) is 1.55. The molecule has 5 heteroatoms. The first kappa shape index (κ1) is 19.5. The Morgan fingerprint density at radius 3 is 2.52 bits per heavy atom. The molecule has 0 saturated heterocycles. The van der Waals surface area contributed by atoms with Gasteiger partial charge in [0.15, 0.2) is 0 Å². The highest BCUT2D eigenvalue weighted by Gasteiger charge is 2.13. The third-order valence-electron chi connectivity index (χ3n) is 3.65. The fraction of sp³-hybridized carbons (Fsp3) is 0.350. The highest BCUT2D eigenvalue weighted by Crippen LogP contribution is 2.23. The molecule has 2 rings (SSSR count). The van der Waals surface area contributed by atoms with E-state index in [0.29, 0.717) is 23.8 Å². The monoisotopic (exact) mass is 361 g/mol. The van der Waals surface area contributed by atoms with Crippen LogP contribution >= 0.6 is 11.8 Å². The van der Waals surface area contributed by atoms with Gasteiger partial charge >= 0.3 is 0 Å². The molecule has 1 N–H and O–H groups in total. The van der Waals surface area contributed by atoms with Gasteiger partial charge in [-0.05, 0) is 35.4 Å². The molecule has 0 fully saturated rings. The molecule has 0 spiro atoms. The Labute approximate surface area is 153 Å². The highest BCUT2D eigenvalue weighted by molar-refractivity contribution is 7.99. The van der Waals surface area contributed by atoms with Crippen LogP contribution in [0.3, 0.4) is 0 Å². The highest BCUT2D eigenvalue weighted by atomic mass is 32.2. The molecule has 1 unspecified atom stereocenters. The normalized spacial score (nSPS) is 12.2. The number of thioether (sulfide) groups is 1. The van der Waals surface area contributed by atoms with Crippen LogP contribution in [0.5, 0.6) is 0 Å². The van der Waals surface area contributed by atoms with Gasteiger partial charge in [-0.2, -0.15) is 0 Å². The first-order valence-electron chi connectivity index (χ1n) is 8.28. The van der Waals surface area contributed by atoms with Crippen LogP contribution in [-0.4, -0.2) is 24.8 Å². The number of halogens is 1. The lowest BCUT2D eigenvalue weighted by atomic mass is 10.1. The van der Waals surface area contributed by atoms with Gasteiger partial charge < -0.3 is 10.1 Å². The fourth-order valence-corrected chi connectivity index (χ4v) is 3.29. The van der Waals surface area contributed by atoms with Crippen molar-refractivity contribution in [3.8, 4) is 0 Å². The summed E-state index contributed by atoms with van der Waals surface area (Å²) in [6.45, 7) is 4.60.